The number of para-hydroxylation sites is 2. The van der Waals surface area contributed by atoms with Crippen molar-refractivity contribution in [3.05, 3.63) is 30.5 Å². The Morgan fingerprint density at radius 2 is 1.77 bits per heavy atom. The fourth-order valence-electron chi connectivity index (χ4n) is 4.93. The summed E-state index contributed by atoms with van der Waals surface area (Å²) in [6, 6.07) is 8.02. The van der Waals surface area contributed by atoms with Crippen LogP contribution in [-0.2, 0) is 4.79 Å². The summed E-state index contributed by atoms with van der Waals surface area (Å²) in [7, 11) is 0. The molecule has 1 aromatic heterocycles. The van der Waals surface area contributed by atoms with Crippen molar-refractivity contribution < 1.29 is 4.79 Å². The molecule has 1 aliphatic carbocycles. The van der Waals surface area contributed by atoms with Crippen molar-refractivity contribution in [2.75, 3.05) is 24.5 Å². The van der Waals surface area contributed by atoms with E-state index in [1.165, 1.54) is 12.8 Å². The zero-order valence-electron chi connectivity index (χ0n) is 15.2. The van der Waals surface area contributed by atoms with E-state index in [1.54, 1.807) is 0 Å². The van der Waals surface area contributed by atoms with Gasteiger partial charge in [-0.25, -0.2) is 4.98 Å². The van der Waals surface area contributed by atoms with Crippen molar-refractivity contribution in [3.8, 4) is 0 Å². The average Bonchev–Trinajstić information content (AvgIpc) is 3.03. The van der Waals surface area contributed by atoms with Gasteiger partial charge in [-0.1, -0.05) is 18.6 Å². The molecule has 5 nitrogen and oxygen atoms in total. The number of nitrogens with zero attached hydrogens (tertiary/aromatic N) is 4. The Morgan fingerprint density at radius 1 is 1.00 bits per heavy atom. The van der Waals surface area contributed by atoms with E-state index in [-0.39, 0.29) is 5.54 Å². The monoisotopic (exact) mass is 350 g/mol. The molecule has 5 heteroatoms. The van der Waals surface area contributed by atoms with Crippen molar-refractivity contribution >= 4 is 22.8 Å². The first-order valence-electron chi connectivity index (χ1n) is 10.0. The van der Waals surface area contributed by atoms with E-state index in [0.29, 0.717) is 11.8 Å². The van der Waals surface area contributed by atoms with Crippen LogP contribution in [0.3, 0.4) is 0 Å². The number of carbonyl (C=O) groups is 1. The minimum atomic E-state index is 0.105. The summed E-state index contributed by atoms with van der Waals surface area (Å²) in [5, 5.41) is 0. The van der Waals surface area contributed by atoms with Crippen LogP contribution in [0.2, 0.25) is 0 Å². The van der Waals surface area contributed by atoms with Crippen LogP contribution in [0.1, 0.15) is 44.9 Å². The highest BCUT2D eigenvalue weighted by Crippen LogP contribution is 2.42. The molecule has 1 amide bonds. The van der Waals surface area contributed by atoms with Gasteiger partial charge in [0.15, 0.2) is 0 Å². The smallest absolute Gasteiger partial charge is 0.226 e. The van der Waals surface area contributed by atoms with Crippen LogP contribution in [0.4, 0.5) is 5.82 Å². The first-order chi connectivity index (χ1) is 12.8. The molecule has 3 fully saturated rings. The predicted octanol–water partition coefficient (Wildman–Crippen LogP) is 3.39. The molecule has 0 unspecified atom stereocenters. The van der Waals surface area contributed by atoms with Gasteiger partial charge in [-0.2, -0.15) is 0 Å². The van der Waals surface area contributed by atoms with Crippen molar-refractivity contribution in [2.24, 2.45) is 5.92 Å². The van der Waals surface area contributed by atoms with Gasteiger partial charge in [0.25, 0.3) is 0 Å². The second-order valence-electron chi connectivity index (χ2n) is 8.15. The van der Waals surface area contributed by atoms with Gasteiger partial charge in [0, 0.05) is 31.1 Å². The van der Waals surface area contributed by atoms with E-state index in [0.717, 1.165) is 68.6 Å². The number of hydrogen-bond acceptors (Lipinski definition) is 4. The molecule has 2 aliphatic heterocycles. The van der Waals surface area contributed by atoms with Crippen molar-refractivity contribution in [1.29, 1.82) is 0 Å². The van der Waals surface area contributed by atoms with E-state index in [2.05, 4.69) is 14.8 Å². The molecule has 136 valence electrons. The molecule has 1 saturated carbocycles. The lowest BCUT2D eigenvalue weighted by atomic mass is 9.80. The first kappa shape index (κ1) is 16.0. The predicted molar refractivity (Wildman–Crippen MR) is 102 cm³/mol. The van der Waals surface area contributed by atoms with Crippen LogP contribution in [-0.4, -0.2) is 45.9 Å². The maximum Gasteiger partial charge on any atom is 0.226 e. The molecular weight excluding hydrogens is 324 g/mol. The Balaban J connectivity index is 1.32. The second kappa shape index (κ2) is 6.22. The third-order valence-corrected chi connectivity index (χ3v) is 6.77. The summed E-state index contributed by atoms with van der Waals surface area (Å²) in [6.07, 6.45) is 9.77. The maximum absolute atomic E-state index is 12.9. The van der Waals surface area contributed by atoms with Crippen LogP contribution in [0, 0.1) is 5.92 Å². The summed E-state index contributed by atoms with van der Waals surface area (Å²) in [5.41, 5.74) is 2.00. The zero-order valence-corrected chi connectivity index (χ0v) is 15.2. The fourth-order valence-corrected chi connectivity index (χ4v) is 4.93. The number of piperidine rings is 1. The van der Waals surface area contributed by atoms with Crippen molar-refractivity contribution in [3.63, 3.8) is 0 Å². The summed E-state index contributed by atoms with van der Waals surface area (Å²) >= 11 is 0. The lowest BCUT2D eigenvalue weighted by Crippen LogP contribution is -2.56. The van der Waals surface area contributed by atoms with Crippen LogP contribution < -0.4 is 4.90 Å². The molecule has 5 rings (SSSR count). The number of carbonyl (C=O) groups excluding carboxylic acids is 1. The summed E-state index contributed by atoms with van der Waals surface area (Å²) in [6.45, 7) is 2.88. The number of amides is 1. The highest BCUT2D eigenvalue weighted by atomic mass is 16.2. The fraction of sp³-hybridized carbons (Fsp3) is 0.571. The number of hydrogen-bond donors (Lipinski definition) is 0. The number of benzene rings is 1. The zero-order chi connectivity index (χ0) is 17.6. The van der Waals surface area contributed by atoms with Gasteiger partial charge in [0.1, 0.15) is 5.82 Å². The van der Waals surface area contributed by atoms with E-state index < -0.39 is 0 Å². The Kier molecular flexibility index (Phi) is 3.84. The molecule has 2 saturated heterocycles. The molecule has 2 aromatic rings. The molecule has 1 aromatic carbocycles. The molecule has 1 spiro atoms. The normalized spacial score (nSPS) is 22.8. The Hall–Kier alpha value is -2.17. The third-order valence-electron chi connectivity index (χ3n) is 6.77. The minimum Gasteiger partial charge on any atom is -0.355 e. The van der Waals surface area contributed by atoms with Gasteiger partial charge in [0.05, 0.1) is 17.2 Å². The van der Waals surface area contributed by atoms with Crippen LogP contribution in [0.5, 0.6) is 0 Å². The van der Waals surface area contributed by atoms with E-state index in [1.807, 2.05) is 30.5 Å². The lowest BCUT2D eigenvalue weighted by molar-refractivity contribution is -0.143. The minimum absolute atomic E-state index is 0.105. The second-order valence-corrected chi connectivity index (χ2v) is 8.15. The van der Waals surface area contributed by atoms with Crippen molar-refractivity contribution in [2.45, 2.75) is 50.5 Å². The maximum atomic E-state index is 12.9. The Morgan fingerprint density at radius 3 is 2.50 bits per heavy atom. The van der Waals surface area contributed by atoms with Gasteiger partial charge in [-0.15, -0.1) is 0 Å². The molecule has 3 aliphatic rings. The van der Waals surface area contributed by atoms with Gasteiger partial charge in [0.2, 0.25) is 5.91 Å². The van der Waals surface area contributed by atoms with E-state index >= 15 is 0 Å². The van der Waals surface area contributed by atoms with Gasteiger partial charge in [-0.3, -0.25) is 9.78 Å². The van der Waals surface area contributed by atoms with Gasteiger partial charge >= 0.3 is 0 Å². The number of fused-ring (bicyclic) bond motifs is 1. The highest BCUT2D eigenvalue weighted by molar-refractivity contribution is 5.81. The Labute approximate surface area is 154 Å². The number of anilines is 1. The summed E-state index contributed by atoms with van der Waals surface area (Å²) < 4.78 is 0. The van der Waals surface area contributed by atoms with Crippen LogP contribution in [0.15, 0.2) is 30.5 Å². The van der Waals surface area contributed by atoms with E-state index in [4.69, 9.17) is 4.98 Å². The molecule has 0 radical (unpaired) electrons. The molecule has 0 bridgehead atoms. The van der Waals surface area contributed by atoms with Crippen molar-refractivity contribution in [1.82, 2.24) is 14.9 Å². The molecule has 3 heterocycles. The largest absolute Gasteiger partial charge is 0.355 e. The quantitative estimate of drug-likeness (QED) is 0.833. The third kappa shape index (κ3) is 2.56. The molecule has 0 N–H and O–H groups in total. The van der Waals surface area contributed by atoms with Crippen LogP contribution in [0.25, 0.3) is 11.0 Å². The number of aromatic nitrogens is 2. The van der Waals surface area contributed by atoms with Gasteiger partial charge in [-0.05, 0) is 50.7 Å². The van der Waals surface area contributed by atoms with Crippen LogP contribution >= 0.6 is 0 Å². The molecule has 0 atom stereocenters. The Bertz CT molecular complexity index is 824. The first-order valence-corrected chi connectivity index (χ1v) is 10.0. The van der Waals surface area contributed by atoms with E-state index in [9.17, 15) is 4.79 Å². The number of rotatable bonds is 2. The summed E-state index contributed by atoms with van der Waals surface area (Å²) in [5.74, 6) is 1.72. The summed E-state index contributed by atoms with van der Waals surface area (Å²) in [4.78, 5) is 26.9. The van der Waals surface area contributed by atoms with Gasteiger partial charge < -0.3 is 9.80 Å². The average molecular weight is 350 g/mol. The molecule has 26 heavy (non-hydrogen) atoms. The lowest BCUT2D eigenvalue weighted by Gasteiger charge is -2.47. The topological polar surface area (TPSA) is 49.3 Å². The highest BCUT2D eigenvalue weighted by Gasteiger charge is 2.47. The molecular formula is C21H26N4O. The number of likely N-dealkylation sites (tertiary alicyclic amines) is 1. The standard InChI is InChI=1S/C21H26N4O/c26-20(16-5-3-6-16)25-12-4-9-21(25)10-13-24(14-11-21)19-15-22-17-7-1-2-8-18(17)23-19/h1-2,7-8,15-16H,3-6,9-14H2. The SMILES string of the molecule is O=C(C1CCC1)N1CCCC12CCN(c1cnc3ccccc3n1)CC2.